The molecular formula is C8H13ClO. The van der Waals surface area contributed by atoms with Gasteiger partial charge in [0.25, 0.3) is 0 Å². The summed E-state index contributed by atoms with van der Waals surface area (Å²) in [5, 5.41) is 0.879. The lowest BCUT2D eigenvalue weighted by Gasteiger charge is -1.93. The number of hydrogen-bond acceptors (Lipinski definition) is 1. The maximum atomic E-state index is 9.88. The van der Waals surface area contributed by atoms with Crippen LogP contribution in [0.4, 0.5) is 0 Å². The van der Waals surface area contributed by atoms with Gasteiger partial charge in [-0.3, -0.25) is 0 Å². The van der Waals surface area contributed by atoms with Crippen LogP contribution in [0.3, 0.4) is 0 Å². The Morgan fingerprint density at radius 2 is 2.30 bits per heavy atom. The smallest absolute Gasteiger partial charge is 0.120 e. The zero-order chi connectivity index (χ0) is 7.82. The molecule has 0 N–H and O–H groups in total. The first kappa shape index (κ1) is 9.70. The summed E-state index contributed by atoms with van der Waals surface area (Å²) >= 11 is 5.76. The predicted octanol–water partition coefficient (Wildman–Crippen LogP) is 2.89. The van der Waals surface area contributed by atoms with E-state index in [-0.39, 0.29) is 0 Å². The number of halogens is 1. The first-order valence-electron chi connectivity index (χ1n) is 3.59. The SMILES string of the molecule is CCC=C(Cl)CCCC=O. The van der Waals surface area contributed by atoms with E-state index >= 15 is 0 Å². The van der Waals surface area contributed by atoms with E-state index in [0.29, 0.717) is 6.42 Å². The van der Waals surface area contributed by atoms with E-state index in [1.54, 1.807) is 0 Å². The third-order valence-electron chi connectivity index (χ3n) is 1.16. The molecule has 0 rings (SSSR count). The minimum atomic E-state index is 0.619. The van der Waals surface area contributed by atoms with Gasteiger partial charge in [-0.25, -0.2) is 0 Å². The molecule has 0 fully saturated rings. The van der Waals surface area contributed by atoms with Gasteiger partial charge in [-0.05, 0) is 19.3 Å². The van der Waals surface area contributed by atoms with Gasteiger partial charge in [0.15, 0.2) is 0 Å². The zero-order valence-corrected chi connectivity index (χ0v) is 7.03. The van der Waals surface area contributed by atoms with Gasteiger partial charge in [0, 0.05) is 11.5 Å². The monoisotopic (exact) mass is 160 g/mol. The highest BCUT2D eigenvalue weighted by Gasteiger charge is 1.90. The maximum Gasteiger partial charge on any atom is 0.120 e. The first-order chi connectivity index (χ1) is 4.81. The van der Waals surface area contributed by atoms with Crippen molar-refractivity contribution in [3.63, 3.8) is 0 Å². The number of hydrogen-bond donors (Lipinski definition) is 0. The van der Waals surface area contributed by atoms with Crippen molar-refractivity contribution < 1.29 is 4.79 Å². The fraction of sp³-hybridized carbons (Fsp3) is 0.625. The van der Waals surface area contributed by atoms with E-state index in [9.17, 15) is 4.79 Å². The largest absolute Gasteiger partial charge is 0.303 e. The average molecular weight is 161 g/mol. The predicted molar refractivity (Wildman–Crippen MR) is 44.1 cm³/mol. The molecule has 0 heterocycles. The van der Waals surface area contributed by atoms with Crippen LogP contribution in [0.25, 0.3) is 0 Å². The maximum absolute atomic E-state index is 9.88. The van der Waals surface area contributed by atoms with Gasteiger partial charge >= 0.3 is 0 Å². The Morgan fingerprint density at radius 3 is 2.80 bits per heavy atom. The highest BCUT2D eigenvalue weighted by Crippen LogP contribution is 2.11. The summed E-state index contributed by atoms with van der Waals surface area (Å²) in [6.45, 7) is 2.04. The summed E-state index contributed by atoms with van der Waals surface area (Å²) in [5.41, 5.74) is 0. The van der Waals surface area contributed by atoms with Crippen LogP contribution in [0.2, 0.25) is 0 Å². The van der Waals surface area contributed by atoms with Crippen molar-refractivity contribution in [2.75, 3.05) is 0 Å². The summed E-state index contributed by atoms with van der Waals surface area (Å²) < 4.78 is 0. The van der Waals surface area contributed by atoms with Crippen LogP contribution < -0.4 is 0 Å². The molecule has 0 aromatic rings. The van der Waals surface area contributed by atoms with Gasteiger partial charge in [-0.2, -0.15) is 0 Å². The third kappa shape index (κ3) is 5.83. The highest BCUT2D eigenvalue weighted by atomic mass is 35.5. The zero-order valence-electron chi connectivity index (χ0n) is 6.27. The van der Waals surface area contributed by atoms with E-state index in [1.807, 2.05) is 13.0 Å². The lowest BCUT2D eigenvalue weighted by Crippen LogP contribution is -1.77. The third-order valence-corrected chi connectivity index (χ3v) is 1.51. The molecule has 0 bridgehead atoms. The van der Waals surface area contributed by atoms with Gasteiger partial charge in [-0.15, -0.1) is 0 Å². The Morgan fingerprint density at radius 1 is 1.60 bits per heavy atom. The second-order valence-electron chi connectivity index (χ2n) is 2.12. The molecule has 10 heavy (non-hydrogen) atoms. The van der Waals surface area contributed by atoms with Crippen LogP contribution >= 0.6 is 11.6 Å². The van der Waals surface area contributed by atoms with E-state index < -0.39 is 0 Å². The standard InChI is InChI=1S/C8H13ClO/c1-2-5-8(9)6-3-4-7-10/h5,7H,2-4,6H2,1H3. The number of carbonyl (C=O) groups is 1. The molecule has 1 nitrogen and oxygen atoms in total. The minimum absolute atomic E-state index is 0.619. The summed E-state index contributed by atoms with van der Waals surface area (Å²) in [6.07, 6.45) is 6.21. The average Bonchev–Trinajstić information content (AvgIpc) is 1.89. The van der Waals surface area contributed by atoms with Gasteiger partial charge < -0.3 is 4.79 Å². The number of aldehydes is 1. The van der Waals surface area contributed by atoms with Crippen molar-refractivity contribution >= 4 is 17.9 Å². The second kappa shape index (κ2) is 6.81. The summed E-state index contributed by atoms with van der Waals surface area (Å²) in [7, 11) is 0. The Kier molecular flexibility index (Phi) is 6.61. The van der Waals surface area contributed by atoms with Crippen LogP contribution in [-0.2, 0) is 4.79 Å². The Bertz CT molecular complexity index is 118. The lowest BCUT2D eigenvalue weighted by atomic mass is 10.2. The lowest BCUT2D eigenvalue weighted by molar-refractivity contribution is -0.107. The van der Waals surface area contributed by atoms with Gasteiger partial charge in [-0.1, -0.05) is 24.6 Å². The van der Waals surface area contributed by atoms with Gasteiger partial charge in [0.05, 0.1) is 0 Å². The van der Waals surface area contributed by atoms with Crippen molar-refractivity contribution in [3.05, 3.63) is 11.1 Å². The first-order valence-corrected chi connectivity index (χ1v) is 3.97. The molecule has 0 unspecified atom stereocenters. The van der Waals surface area contributed by atoms with Crippen LogP contribution in [-0.4, -0.2) is 6.29 Å². The molecule has 0 aromatic carbocycles. The number of allylic oxidation sites excluding steroid dienone is 2. The Balaban J connectivity index is 3.29. The fourth-order valence-corrected chi connectivity index (χ4v) is 0.966. The molecule has 58 valence electrons. The molecule has 2 heteroatoms. The topological polar surface area (TPSA) is 17.1 Å². The van der Waals surface area contributed by atoms with E-state index in [0.717, 1.165) is 30.6 Å². The van der Waals surface area contributed by atoms with Crippen LogP contribution in [0.15, 0.2) is 11.1 Å². The van der Waals surface area contributed by atoms with Gasteiger partial charge in [0.1, 0.15) is 6.29 Å². The van der Waals surface area contributed by atoms with Crippen LogP contribution in [0, 0.1) is 0 Å². The number of unbranched alkanes of at least 4 members (excludes halogenated alkanes) is 1. The molecule has 0 aliphatic carbocycles. The molecule has 0 saturated carbocycles. The second-order valence-corrected chi connectivity index (χ2v) is 2.60. The number of rotatable bonds is 5. The van der Waals surface area contributed by atoms with Crippen molar-refractivity contribution in [2.45, 2.75) is 32.6 Å². The number of carbonyl (C=O) groups excluding carboxylic acids is 1. The normalized spacial score (nSPS) is 11.6. The van der Waals surface area contributed by atoms with Crippen LogP contribution in [0.1, 0.15) is 32.6 Å². The molecule has 0 aliphatic heterocycles. The molecule has 0 amide bonds. The minimum Gasteiger partial charge on any atom is -0.303 e. The summed E-state index contributed by atoms with van der Waals surface area (Å²) in [6, 6.07) is 0. The quantitative estimate of drug-likeness (QED) is 0.447. The summed E-state index contributed by atoms with van der Waals surface area (Å²) in [4.78, 5) is 9.88. The Labute approximate surface area is 67.1 Å². The Hall–Kier alpha value is -0.300. The molecule has 0 aliphatic rings. The van der Waals surface area contributed by atoms with E-state index in [1.165, 1.54) is 0 Å². The highest BCUT2D eigenvalue weighted by molar-refractivity contribution is 6.29. The molecule has 0 spiro atoms. The fourth-order valence-electron chi connectivity index (χ4n) is 0.678. The van der Waals surface area contributed by atoms with Crippen molar-refractivity contribution in [1.82, 2.24) is 0 Å². The van der Waals surface area contributed by atoms with Crippen molar-refractivity contribution in [1.29, 1.82) is 0 Å². The molecule has 0 atom stereocenters. The molecule has 0 radical (unpaired) electrons. The van der Waals surface area contributed by atoms with Crippen LogP contribution in [0.5, 0.6) is 0 Å². The van der Waals surface area contributed by atoms with E-state index in [4.69, 9.17) is 11.6 Å². The van der Waals surface area contributed by atoms with E-state index in [2.05, 4.69) is 0 Å². The molecule has 0 saturated heterocycles. The summed E-state index contributed by atoms with van der Waals surface area (Å²) in [5.74, 6) is 0. The van der Waals surface area contributed by atoms with Crippen molar-refractivity contribution in [2.24, 2.45) is 0 Å². The van der Waals surface area contributed by atoms with Crippen molar-refractivity contribution in [3.8, 4) is 0 Å². The van der Waals surface area contributed by atoms with Gasteiger partial charge in [0.2, 0.25) is 0 Å². The molecular weight excluding hydrogens is 148 g/mol. The molecule has 0 aromatic heterocycles.